The van der Waals surface area contributed by atoms with E-state index in [1.165, 1.54) is 12.1 Å². The quantitative estimate of drug-likeness (QED) is 0.871. The molecule has 6 heteroatoms. The lowest BCUT2D eigenvalue weighted by molar-refractivity contribution is -0.137. The molecule has 1 rings (SSSR count). The second kappa shape index (κ2) is 5.86. The number of hydrogen-bond donors (Lipinski definition) is 2. The van der Waals surface area contributed by atoms with Crippen LogP contribution in [-0.4, -0.2) is 18.5 Å². The molecule has 0 aliphatic carbocycles. The molecule has 0 fully saturated rings. The summed E-state index contributed by atoms with van der Waals surface area (Å²) in [5, 5.41) is 2.58. The van der Waals surface area contributed by atoms with Crippen LogP contribution in [0.5, 0.6) is 0 Å². The normalized spacial score (nSPS) is 13.2. The van der Waals surface area contributed by atoms with Gasteiger partial charge in [0.05, 0.1) is 5.56 Å². The molecule has 0 bridgehead atoms. The van der Waals surface area contributed by atoms with Crippen molar-refractivity contribution in [3.63, 3.8) is 0 Å². The number of rotatable bonds is 4. The predicted molar refractivity (Wildman–Crippen MR) is 62.0 cm³/mol. The molecule has 100 valence electrons. The molecule has 0 heterocycles. The van der Waals surface area contributed by atoms with E-state index < -0.39 is 17.6 Å². The van der Waals surface area contributed by atoms with Gasteiger partial charge in [-0.05, 0) is 24.6 Å². The minimum absolute atomic E-state index is 0.0169. The molecule has 1 aromatic rings. The highest BCUT2D eigenvalue weighted by molar-refractivity contribution is 5.94. The van der Waals surface area contributed by atoms with E-state index in [1.807, 2.05) is 6.92 Å². The zero-order chi connectivity index (χ0) is 13.8. The van der Waals surface area contributed by atoms with Gasteiger partial charge < -0.3 is 11.1 Å². The predicted octanol–water partition coefficient (Wildman–Crippen LogP) is 2.17. The first-order valence-electron chi connectivity index (χ1n) is 5.56. The summed E-state index contributed by atoms with van der Waals surface area (Å²) < 4.78 is 37.4. The summed E-state index contributed by atoms with van der Waals surface area (Å²) in [6.07, 6.45) is -3.82. The fraction of sp³-hybridized carbons (Fsp3) is 0.417. The van der Waals surface area contributed by atoms with E-state index in [9.17, 15) is 18.0 Å². The third-order valence-electron chi connectivity index (χ3n) is 2.56. The van der Waals surface area contributed by atoms with Crippen LogP contribution in [-0.2, 0) is 6.18 Å². The number of amides is 1. The zero-order valence-corrected chi connectivity index (χ0v) is 9.92. The Balaban J connectivity index is 2.87. The molecule has 1 atom stereocenters. The third kappa shape index (κ3) is 3.73. The van der Waals surface area contributed by atoms with Crippen molar-refractivity contribution in [2.24, 2.45) is 5.73 Å². The Bertz CT molecular complexity index is 414. The SMILES string of the molecule is CCC(CN)NC(=O)c1cccc(C(F)(F)F)c1. The summed E-state index contributed by atoms with van der Waals surface area (Å²) >= 11 is 0. The molecule has 18 heavy (non-hydrogen) atoms. The van der Waals surface area contributed by atoms with E-state index in [2.05, 4.69) is 5.32 Å². The third-order valence-corrected chi connectivity index (χ3v) is 2.56. The Morgan fingerprint density at radius 2 is 2.11 bits per heavy atom. The average molecular weight is 260 g/mol. The van der Waals surface area contributed by atoms with Gasteiger partial charge in [0.15, 0.2) is 0 Å². The highest BCUT2D eigenvalue weighted by atomic mass is 19.4. The van der Waals surface area contributed by atoms with Crippen LogP contribution in [0.25, 0.3) is 0 Å². The van der Waals surface area contributed by atoms with Crippen LogP contribution < -0.4 is 11.1 Å². The topological polar surface area (TPSA) is 55.1 Å². The van der Waals surface area contributed by atoms with Crippen molar-refractivity contribution in [3.8, 4) is 0 Å². The van der Waals surface area contributed by atoms with E-state index in [-0.39, 0.29) is 18.2 Å². The van der Waals surface area contributed by atoms with E-state index in [0.29, 0.717) is 6.42 Å². The monoisotopic (exact) mass is 260 g/mol. The molecule has 1 aromatic carbocycles. The van der Waals surface area contributed by atoms with Gasteiger partial charge in [0.1, 0.15) is 0 Å². The smallest absolute Gasteiger partial charge is 0.348 e. The van der Waals surface area contributed by atoms with E-state index >= 15 is 0 Å². The zero-order valence-electron chi connectivity index (χ0n) is 9.92. The maximum Gasteiger partial charge on any atom is 0.416 e. The second-order valence-electron chi connectivity index (χ2n) is 3.89. The fourth-order valence-corrected chi connectivity index (χ4v) is 1.43. The van der Waals surface area contributed by atoms with Crippen molar-refractivity contribution in [1.82, 2.24) is 5.32 Å². The molecule has 3 N–H and O–H groups in total. The summed E-state index contributed by atoms with van der Waals surface area (Å²) in [4.78, 5) is 11.7. The number of carbonyl (C=O) groups is 1. The van der Waals surface area contributed by atoms with E-state index in [4.69, 9.17) is 5.73 Å². The van der Waals surface area contributed by atoms with Gasteiger partial charge in [-0.2, -0.15) is 13.2 Å². The molecule has 0 aliphatic heterocycles. The lowest BCUT2D eigenvalue weighted by Gasteiger charge is -2.15. The Kier molecular flexibility index (Phi) is 4.72. The number of hydrogen-bond acceptors (Lipinski definition) is 2. The number of alkyl halides is 3. The van der Waals surface area contributed by atoms with Crippen molar-refractivity contribution < 1.29 is 18.0 Å². The van der Waals surface area contributed by atoms with Crippen molar-refractivity contribution in [2.45, 2.75) is 25.6 Å². The summed E-state index contributed by atoms with van der Waals surface area (Å²) in [7, 11) is 0. The highest BCUT2D eigenvalue weighted by Crippen LogP contribution is 2.29. The molecule has 0 spiro atoms. The van der Waals surface area contributed by atoms with Crippen LogP contribution in [0.3, 0.4) is 0 Å². The molecule has 3 nitrogen and oxygen atoms in total. The van der Waals surface area contributed by atoms with Crippen LogP contribution in [0.15, 0.2) is 24.3 Å². The van der Waals surface area contributed by atoms with Crippen molar-refractivity contribution in [2.75, 3.05) is 6.54 Å². The maximum atomic E-state index is 12.5. The molecule has 0 saturated carbocycles. The minimum Gasteiger partial charge on any atom is -0.348 e. The van der Waals surface area contributed by atoms with Crippen LogP contribution in [0.2, 0.25) is 0 Å². The summed E-state index contributed by atoms with van der Waals surface area (Å²) in [5.74, 6) is -0.543. The van der Waals surface area contributed by atoms with Gasteiger partial charge in [0, 0.05) is 18.2 Å². The van der Waals surface area contributed by atoms with E-state index in [0.717, 1.165) is 12.1 Å². The van der Waals surface area contributed by atoms with Gasteiger partial charge in [0.2, 0.25) is 0 Å². The lowest BCUT2D eigenvalue weighted by atomic mass is 10.1. The molecule has 0 radical (unpaired) electrons. The molecular formula is C12H15F3N2O. The van der Waals surface area contributed by atoms with Crippen molar-refractivity contribution in [3.05, 3.63) is 35.4 Å². The fourth-order valence-electron chi connectivity index (χ4n) is 1.43. The van der Waals surface area contributed by atoms with Gasteiger partial charge in [-0.25, -0.2) is 0 Å². The largest absolute Gasteiger partial charge is 0.416 e. The Hall–Kier alpha value is -1.56. The Morgan fingerprint density at radius 1 is 1.44 bits per heavy atom. The summed E-state index contributed by atoms with van der Waals surface area (Å²) in [5.41, 5.74) is 4.56. The van der Waals surface area contributed by atoms with Crippen LogP contribution >= 0.6 is 0 Å². The first kappa shape index (κ1) is 14.5. The average Bonchev–Trinajstić information content (AvgIpc) is 2.34. The molecule has 0 saturated heterocycles. The second-order valence-corrected chi connectivity index (χ2v) is 3.89. The van der Waals surface area contributed by atoms with Crippen LogP contribution in [0, 0.1) is 0 Å². The number of nitrogens with one attached hydrogen (secondary N) is 1. The van der Waals surface area contributed by atoms with Gasteiger partial charge in [-0.15, -0.1) is 0 Å². The number of benzene rings is 1. The Labute approximate surface area is 103 Å². The summed E-state index contributed by atoms with van der Waals surface area (Å²) in [6, 6.07) is 4.08. The minimum atomic E-state index is -4.45. The molecule has 0 aromatic heterocycles. The molecule has 1 unspecified atom stereocenters. The number of nitrogens with two attached hydrogens (primary N) is 1. The molecule has 0 aliphatic rings. The highest BCUT2D eigenvalue weighted by Gasteiger charge is 2.30. The van der Waals surface area contributed by atoms with Gasteiger partial charge in [-0.1, -0.05) is 13.0 Å². The summed E-state index contributed by atoms with van der Waals surface area (Å²) in [6.45, 7) is 2.09. The molecular weight excluding hydrogens is 245 g/mol. The number of carbonyl (C=O) groups excluding carboxylic acids is 1. The first-order valence-corrected chi connectivity index (χ1v) is 5.56. The Morgan fingerprint density at radius 3 is 2.61 bits per heavy atom. The number of halogens is 3. The van der Waals surface area contributed by atoms with Gasteiger partial charge in [-0.3, -0.25) is 4.79 Å². The first-order chi connectivity index (χ1) is 8.38. The standard InChI is InChI=1S/C12H15F3N2O/c1-2-10(7-16)17-11(18)8-4-3-5-9(6-8)12(13,14)15/h3-6,10H,2,7,16H2,1H3,(H,17,18). The molecule has 1 amide bonds. The van der Waals surface area contributed by atoms with Crippen molar-refractivity contribution >= 4 is 5.91 Å². The van der Waals surface area contributed by atoms with Crippen LogP contribution in [0.1, 0.15) is 29.3 Å². The van der Waals surface area contributed by atoms with Gasteiger partial charge in [0.25, 0.3) is 5.91 Å². The van der Waals surface area contributed by atoms with E-state index in [1.54, 1.807) is 0 Å². The van der Waals surface area contributed by atoms with Crippen molar-refractivity contribution in [1.29, 1.82) is 0 Å². The maximum absolute atomic E-state index is 12.5. The lowest BCUT2D eigenvalue weighted by Crippen LogP contribution is -2.39. The van der Waals surface area contributed by atoms with Crippen LogP contribution in [0.4, 0.5) is 13.2 Å². The van der Waals surface area contributed by atoms with Gasteiger partial charge >= 0.3 is 6.18 Å².